The van der Waals surface area contributed by atoms with E-state index in [2.05, 4.69) is 4.98 Å². The highest BCUT2D eigenvalue weighted by molar-refractivity contribution is 5.95. The highest BCUT2D eigenvalue weighted by Crippen LogP contribution is 2.31. The van der Waals surface area contributed by atoms with Crippen molar-refractivity contribution < 1.29 is 9.53 Å². The standard InChI is InChI=1S/C22H23N3O2/c1-24-13-12-23-21(24)17-4-3-5-18(14-17)22(26)25(19-8-9-19)15-16-6-10-20(27-2)11-7-16/h3-7,10-14,19H,8-9,15H2,1-2H3. The van der Waals surface area contributed by atoms with Gasteiger partial charge in [-0.15, -0.1) is 0 Å². The van der Waals surface area contributed by atoms with Gasteiger partial charge in [-0.1, -0.05) is 24.3 Å². The molecule has 1 amide bonds. The third-order valence-corrected chi connectivity index (χ3v) is 4.95. The number of rotatable bonds is 6. The molecule has 0 unspecified atom stereocenters. The van der Waals surface area contributed by atoms with E-state index in [4.69, 9.17) is 4.74 Å². The lowest BCUT2D eigenvalue weighted by atomic mass is 10.1. The fraction of sp³-hybridized carbons (Fsp3) is 0.273. The summed E-state index contributed by atoms with van der Waals surface area (Å²) in [5.74, 6) is 1.76. The van der Waals surface area contributed by atoms with Crippen LogP contribution in [0.4, 0.5) is 0 Å². The largest absolute Gasteiger partial charge is 0.497 e. The SMILES string of the molecule is COc1ccc(CN(C(=O)c2cccc(-c3nccn3C)c2)C2CC2)cc1. The molecule has 2 aromatic carbocycles. The summed E-state index contributed by atoms with van der Waals surface area (Å²) < 4.78 is 7.18. The van der Waals surface area contributed by atoms with Gasteiger partial charge < -0.3 is 14.2 Å². The maximum Gasteiger partial charge on any atom is 0.254 e. The Morgan fingerprint density at radius 2 is 2.00 bits per heavy atom. The molecule has 1 aliphatic rings. The van der Waals surface area contributed by atoms with E-state index < -0.39 is 0 Å². The highest BCUT2D eigenvalue weighted by Gasteiger charge is 2.33. The second-order valence-corrected chi connectivity index (χ2v) is 6.95. The van der Waals surface area contributed by atoms with Crippen LogP contribution in [0.2, 0.25) is 0 Å². The number of amides is 1. The molecule has 0 radical (unpaired) electrons. The fourth-order valence-corrected chi connectivity index (χ4v) is 3.28. The van der Waals surface area contributed by atoms with E-state index in [9.17, 15) is 4.79 Å². The van der Waals surface area contributed by atoms with Crippen LogP contribution in [-0.4, -0.2) is 33.5 Å². The molecule has 5 nitrogen and oxygen atoms in total. The monoisotopic (exact) mass is 361 g/mol. The van der Waals surface area contributed by atoms with Gasteiger partial charge in [0.25, 0.3) is 5.91 Å². The number of imidazole rings is 1. The molecule has 3 aromatic rings. The molecule has 0 spiro atoms. The number of hydrogen-bond donors (Lipinski definition) is 0. The summed E-state index contributed by atoms with van der Waals surface area (Å²) in [6.45, 7) is 0.611. The molecule has 1 aliphatic carbocycles. The van der Waals surface area contributed by atoms with Crippen molar-refractivity contribution in [2.24, 2.45) is 7.05 Å². The number of carbonyl (C=O) groups is 1. The molecule has 0 N–H and O–H groups in total. The number of methoxy groups -OCH3 is 1. The predicted molar refractivity (Wildman–Crippen MR) is 105 cm³/mol. The Bertz CT molecular complexity index is 942. The van der Waals surface area contributed by atoms with Crippen LogP contribution in [0.5, 0.6) is 5.75 Å². The average Bonchev–Trinajstić information content (AvgIpc) is 3.46. The number of aromatic nitrogens is 2. The summed E-state index contributed by atoms with van der Waals surface area (Å²) in [4.78, 5) is 19.6. The Labute approximate surface area is 159 Å². The minimum atomic E-state index is 0.0735. The van der Waals surface area contributed by atoms with Gasteiger partial charge in [-0.05, 0) is 42.7 Å². The van der Waals surface area contributed by atoms with Crippen LogP contribution in [0, 0.1) is 0 Å². The minimum Gasteiger partial charge on any atom is -0.497 e. The summed E-state index contributed by atoms with van der Waals surface area (Å²) in [6, 6.07) is 16.0. The summed E-state index contributed by atoms with van der Waals surface area (Å²) in [5.41, 5.74) is 2.76. The van der Waals surface area contributed by atoms with E-state index in [1.807, 2.05) is 71.2 Å². The van der Waals surface area contributed by atoms with Crippen LogP contribution in [-0.2, 0) is 13.6 Å². The summed E-state index contributed by atoms with van der Waals surface area (Å²) in [5, 5.41) is 0. The second-order valence-electron chi connectivity index (χ2n) is 6.95. The zero-order valence-electron chi connectivity index (χ0n) is 15.6. The highest BCUT2D eigenvalue weighted by atomic mass is 16.5. The molecule has 1 saturated carbocycles. The van der Waals surface area contributed by atoms with E-state index >= 15 is 0 Å². The van der Waals surface area contributed by atoms with Crippen LogP contribution in [0.1, 0.15) is 28.8 Å². The van der Waals surface area contributed by atoms with E-state index in [0.29, 0.717) is 18.2 Å². The van der Waals surface area contributed by atoms with E-state index in [1.165, 1.54) is 0 Å². The first kappa shape index (κ1) is 17.3. The molecule has 138 valence electrons. The van der Waals surface area contributed by atoms with Gasteiger partial charge >= 0.3 is 0 Å². The van der Waals surface area contributed by atoms with Crippen molar-refractivity contribution in [3.05, 3.63) is 72.1 Å². The van der Waals surface area contributed by atoms with Crippen LogP contribution < -0.4 is 4.74 Å². The van der Waals surface area contributed by atoms with Crippen molar-refractivity contribution in [1.82, 2.24) is 14.5 Å². The topological polar surface area (TPSA) is 47.4 Å². The number of benzene rings is 2. The first-order valence-corrected chi connectivity index (χ1v) is 9.17. The van der Waals surface area contributed by atoms with E-state index in [-0.39, 0.29) is 5.91 Å². The van der Waals surface area contributed by atoms with Crippen molar-refractivity contribution in [2.75, 3.05) is 7.11 Å². The Morgan fingerprint density at radius 1 is 1.22 bits per heavy atom. The Kier molecular flexibility index (Phi) is 4.67. The van der Waals surface area contributed by atoms with Gasteiger partial charge in [0, 0.05) is 43.2 Å². The number of nitrogens with zero attached hydrogens (tertiary/aromatic N) is 3. The average molecular weight is 361 g/mol. The van der Waals surface area contributed by atoms with E-state index in [1.54, 1.807) is 13.3 Å². The molecule has 27 heavy (non-hydrogen) atoms. The van der Waals surface area contributed by atoms with Crippen molar-refractivity contribution in [3.8, 4) is 17.1 Å². The zero-order valence-corrected chi connectivity index (χ0v) is 15.6. The van der Waals surface area contributed by atoms with Gasteiger partial charge in [-0.2, -0.15) is 0 Å². The molecule has 1 heterocycles. The molecule has 0 atom stereocenters. The third-order valence-electron chi connectivity index (χ3n) is 4.95. The molecule has 0 aliphatic heterocycles. The lowest BCUT2D eigenvalue weighted by molar-refractivity contribution is 0.0730. The predicted octanol–water partition coefficient (Wildman–Crippen LogP) is 3.90. The smallest absolute Gasteiger partial charge is 0.254 e. The van der Waals surface area contributed by atoms with Gasteiger partial charge in [0.1, 0.15) is 11.6 Å². The van der Waals surface area contributed by atoms with Gasteiger partial charge in [-0.3, -0.25) is 4.79 Å². The fourth-order valence-electron chi connectivity index (χ4n) is 3.28. The molecule has 1 aromatic heterocycles. The third kappa shape index (κ3) is 3.72. The maximum absolute atomic E-state index is 13.2. The number of aryl methyl sites for hydroxylation is 1. The van der Waals surface area contributed by atoms with Crippen molar-refractivity contribution in [1.29, 1.82) is 0 Å². The molecule has 1 fully saturated rings. The van der Waals surface area contributed by atoms with Crippen molar-refractivity contribution >= 4 is 5.91 Å². The molecular formula is C22H23N3O2. The summed E-state index contributed by atoms with van der Waals surface area (Å²) in [7, 11) is 3.61. The maximum atomic E-state index is 13.2. The Balaban J connectivity index is 1.58. The van der Waals surface area contributed by atoms with E-state index in [0.717, 1.165) is 35.5 Å². The molecule has 5 heteroatoms. The summed E-state index contributed by atoms with van der Waals surface area (Å²) in [6.07, 6.45) is 5.82. The van der Waals surface area contributed by atoms with Crippen LogP contribution in [0.25, 0.3) is 11.4 Å². The Hall–Kier alpha value is -3.08. The van der Waals surface area contributed by atoms with Crippen LogP contribution in [0.15, 0.2) is 60.9 Å². The van der Waals surface area contributed by atoms with Gasteiger partial charge in [-0.25, -0.2) is 4.98 Å². The Morgan fingerprint density at radius 3 is 2.63 bits per heavy atom. The normalized spacial score (nSPS) is 13.4. The lowest BCUT2D eigenvalue weighted by Crippen LogP contribution is -2.32. The molecule has 0 bridgehead atoms. The van der Waals surface area contributed by atoms with Crippen LogP contribution >= 0.6 is 0 Å². The van der Waals surface area contributed by atoms with Gasteiger partial charge in [0.15, 0.2) is 0 Å². The quantitative estimate of drug-likeness (QED) is 0.669. The first-order valence-electron chi connectivity index (χ1n) is 9.17. The van der Waals surface area contributed by atoms with Crippen molar-refractivity contribution in [3.63, 3.8) is 0 Å². The second kappa shape index (κ2) is 7.27. The molecule has 4 rings (SSSR count). The summed E-state index contributed by atoms with van der Waals surface area (Å²) >= 11 is 0. The minimum absolute atomic E-state index is 0.0735. The van der Waals surface area contributed by atoms with Gasteiger partial charge in [0.05, 0.1) is 7.11 Å². The number of ether oxygens (including phenoxy) is 1. The zero-order chi connectivity index (χ0) is 18.8. The van der Waals surface area contributed by atoms with Crippen molar-refractivity contribution in [2.45, 2.75) is 25.4 Å². The lowest BCUT2D eigenvalue weighted by Gasteiger charge is -2.23. The molecule has 0 saturated heterocycles. The van der Waals surface area contributed by atoms with Gasteiger partial charge in [0.2, 0.25) is 0 Å². The first-order chi connectivity index (χ1) is 13.2. The number of carbonyl (C=O) groups excluding carboxylic acids is 1. The molecular weight excluding hydrogens is 338 g/mol. The number of hydrogen-bond acceptors (Lipinski definition) is 3. The van der Waals surface area contributed by atoms with Crippen LogP contribution in [0.3, 0.4) is 0 Å².